The Bertz CT molecular complexity index is 945. The second-order valence-corrected chi connectivity index (χ2v) is 6.63. The lowest BCUT2D eigenvalue weighted by molar-refractivity contribution is 0.101. The van der Waals surface area contributed by atoms with Crippen molar-refractivity contribution < 1.29 is 4.79 Å². The summed E-state index contributed by atoms with van der Waals surface area (Å²) in [6.45, 7) is 8.05. The summed E-state index contributed by atoms with van der Waals surface area (Å²) < 4.78 is 0. The van der Waals surface area contributed by atoms with Crippen molar-refractivity contribution >= 4 is 17.4 Å². The lowest BCUT2D eigenvalue weighted by atomic mass is 9.91. The number of benzene rings is 2. The molecule has 0 radical (unpaired) electrons. The van der Waals surface area contributed by atoms with Gasteiger partial charge in [-0.1, -0.05) is 17.7 Å². The standard InChI is InChI=1S/C19H19ClN4O/c1-11-9-12(2)18(14(4)25)13(3)17(11)10-24-22-19(21-23-24)15-5-7-16(20)8-6-15/h5-9H,10H2,1-4H3. The van der Waals surface area contributed by atoms with Gasteiger partial charge >= 0.3 is 0 Å². The maximum atomic E-state index is 12.0. The van der Waals surface area contributed by atoms with Crippen LogP contribution in [0, 0.1) is 20.8 Å². The third-order valence-electron chi connectivity index (χ3n) is 4.34. The molecule has 6 heteroatoms. The minimum Gasteiger partial charge on any atom is -0.294 e. The van der Waals surface area contributed by atoms with E-state index in [2.05, 4.69) is 15.4 Å². The van der Waals surface area contributed by atoms with Crippen molar-refractivity contribution in [1.82, 2.24) is 20.2 Å². The number of halogens is 1. The highest BCUT2D eigenvalue weighted by molar-refractivity contribution is 6.30. The number of carbonyl (C=O) groups is 1. The molecule has 2 aromatic carbocycles. The normalized spacial score (nSPS) is 10.9. The Morgan fingerprint density at radius 2 is 1.80 bits per heavy atom. The highest BCUT2D eigenvalue weighted by atomic mass is 35.5. The fraction of sp³-hybridized carbons (Fsp3) is 0.263. The first-order valence-electron chi connectivity index (χ1n) is 8.01. The van der Waals surface area contributed by atoms with Gasteiger partial charge in [-0.3, -0.25) is 4.79 Å². The van der Waals surface area contributed by atoms with Crippen LogP contribution in [0.4, 0.5) is 0 Å². The van der Waals surface area contributed by atoms with Gasteiger partial charge in [0.05, 0.1) is 6.54 Å². The number of carbonyl (C=O) groups excluding carboxylic acids is 1. The molecule has 0 aliphatic carbocycles. The second kappa shape index (κ2) is 6.76. The Morgan fingerprint density at radius 3 is 2.44 bits per heavy atom. The summed E-state index contributed by atoms with van der Waals surface area (Å²) in [5, 5.41) is 13.4. The zero-order valence-corrected chi connectivity index (χ0v) is 15.4. The van der Waals surface area contributed by atoms with Gasteiger partial charge in [0.1, 0.15) is 0 Å². The lowest BCUT2D eigenvalue weighted by Crippen LogP contribution is -2.11. The minimum atomic E-state index is 0.0738. The smallest absolute Gasteiger partial charge is 0.204 e. The first-order chi connectivity index (χ1) is 11.9. The predicted molar refractivity (Wildman–Crippen MR) is 98.0 cm³/mol. The van der Waals surface area contributed by atoms with Gasteiger partial charge in [-0.05, 0) is 79.4 Å². The Balaban J connectivity index is 1.95. The zero-order chi connectivity index (χ0) is 18.1. The van der Waals surface area contributed by atoms with Crippen LogP contribution in [-0.2, 0) is 6.54 Å². The molecular formula is C19H19ClN4O. The zero-order valence-electron chi connectivity index (χ0n) is 14.7. The number of tetrazole rings is 1. The molecule has 0 saturated carbocycles. The van der Waals surface area contributed by atoms with Gasteiger partial charge in [-0.25, -0.2) is 0 Å². The summed E-state index contributed by atoms with van der Waals surface area (Å²) in [5.41, 5.74) is 5.78. The van der Waals surface area contributed by atoms with Crippen molar-refractivity contribution in [2.45, 2.75) is 34.2 Å². The third kappa shape index (κ3) is 3.46. The van der Waals surface area contributed by atoms with E-state index in [1.165, 1.54) is 0 Å². The van der Waals surface area contributed by atoms with Gasteiger partial charge in [-0.2, -0.15) is 4.80 Å². The van der Waals surface area contributed by atoms with E-state index in [0.29, 0.717) is 17.4 Å². The van der Waals surface area contributed by atoms with Crippen LogP contribution >= 0.6 is 11.6 Å². The van der Waals surface area contributed by atoms with Crippen LogP contribution in [0.3, 0.4) is 0 Å². The highest BCUT2D eigenvalue weighted by Crippen LogP contribution is 2.24. The van der Waals surface area contributed by atoms with Crippen LogP contribution in [0.2, 0.25) is 5.02 Å². The molecule has 3 rings (SSSR count). The van der Waals surface area contributed by atoms with Gasteiger partial charge in [0, 0.05) is 16.1 Å². The van der Waals surface area contributed by atoms with Crippen LogP contribution < -0.4 is 0 Å². The second-order valence-electron chi connectivity index (χ2n) is 6.20. The first kappa shape index (κ1) is 17.3. The number of hydrogen-bond acceptors (Lipinski definition) is 4. The van der Waals surface area contributed by atoms with Crippen molar-refractivity contribution in [1.29, 1.82) is 0 Å². The molecule has 0 amide bonds. The topological polar surface area (TPSA) is 60.7 Å². The van der Waals surface area contributed by atoms with Crippen LogP contribution in [0.1, 0.15) is 39.5 Å². The lowest BCUT2D eigenvalue weighted by Gasteiger charge is -2.15. The van der Waals surface area contributed by atoms with Gasteiger partial charge < -0.3 is 0 Å². The molecule has 128 valence electrons. The van der Waals surface area contributed by atoms with Gasteiger partial charge in [0.2, 0.25) is 5.82 Å². The van der Waals surface area contributed by atoms with E-state index in [1.807, 2.05) is 39.0 Å². The molecule has 0 N–H and O–H groups in total. The predicted octanol–water partition coefficient (Wildman–Crippen LogP) is 4.17. The monoisotopic (exact) mass is 354 g/mol. The van der Waals surface area contributed by atoms with Crippen molar-refractivity contribution in [2.75, 3.05) is 0 Å². The molecule has 0 saturated heterocycles. The maximum Gasteiger partial charge on any atom is 0.204 e. The highest BCUT2D eigenvalue weighted by Gasteiger charge is 2.16. The molecule has 1 heterocycles. The number of aryl methyl sites for hydroxylation is 2. The van der Waals surface area contributed by atoms with E-state index in [-0.39, 0.29) is 5.78 Å². The van der Waals surface area contributed by atoms with E-state index >= 15 is 0 Å². The Morgan fingerprint density at radius 1 is 1.12 bits per heavy atom. The molecule has 1 aromatic heterocycles. The van der Waals surface area contributed by atoms with Gasteiger partial charge in [0.25, 0.3) is 0 Å². The molecule has 0 aliphatic rings. The van der Waals surface area contributed by atoms with E-state index in [9.17, 15) is 4.79 Å². The molecule has 0 atom stereocenters. The molecule has 25 heavy (non-hydrogen) atoms. The van der Waals surface area contributed by atoms with Crippen molar-refractivity contribution in [3.05, 3.63) is 63.2 Å². The number of aromatic nitrogens is 4. The van der Waals surface area contributed by atoms with Crippen LogP contribution in [0.5, 0.6) is 0 Å². The first-order valence-corrected chi connectivity index (χ1v) is 8.39. The number of ketones is 1. The Labute approximate surface area is 151 Å². The van der Waals surface area contributed by atoms with Crippen molar-refractivity contribution in [2.24, 2.45) is 0 Å². The number of hydrogen-bond donors (Lipinski definition) is 0. The minimum absolute atomic E-state index is 0.0738. The molecule has 0 unspecified atom stereocenters. The molecule has 0 spiro atoms. The van der Waals surface area contributed by atoms with Crippen molar-refractivity contribution in [3.63, 3.8) is 0 Å². The molecule has 5 nitrogen and oxygen atoms in total. The maximum absolute atomic E-state index is 12.0. The Hall–Kier alpha value is -2.53. The SMILES string of the molecule is CC(=O)c1c(C)cc(C)c(Cn2nnc(-c3ccc(Cl)cc3)n2)c1C. The molecule has 0 bridgehead atoms. The summed E-state index contributed by atoms with van der Waals surface area (Å²) in [4.78, 5) is 13.5. The average Bonchev–Trinajstić information content (AvgIpc) is 3.00. The van der Waals surface area contributed by atoms with E-state index < -0.39 is 0 Å². The summed E-state index contributed by atoms with van der Waals surface area (Å²) in [6.07, 6.45) is 0. The van der Waals surface area contributed by atoms with Crippen LogP contribution in [-0.4, -0.2) is 26.0 Å². The summed E-state index contributed by atoms with van der Waals surface area (Å²) in [7, 11) is 0. The average molecular weight is 355 g/mol. The summed E-state index contributed by atoms with van der Waals surface area (Å²) in [6, 6.07) is 9.35. The quantitative estimate of drug-likeness (QED) is 0.660. The molecule has 0 aliphatic heterocycles. The summed E-state index contributed by atoms with van der Waals surface area (Å²) >= 11 is 5.91. The summed E-state index contributed by atoms with van der Waals surface area (Å²) in [5.74, 6) is 0.621. The van der Waals surface area contributed by atoms with Gasteiger partial charge in [0.15, 0.2) is 5.78 Å². The fourth-order valence-electron chi connectivity index (χ4n) is 3.18. The van der Waals surface area contributed by atoms with E-state index in [1.54, 1.807) is 23.9 Å². The molecule has 3 aromatic rings. The van der Waals surface area contributed by atoms with Crippen LogP contribution in [0.15, 0.2) is 30.3 Å². The van der Waals surface area contributed by atoms with Crippen molar-refractivity contribution in [3.8, 4) is 11.4 Å². The van der Waals surface area contributed by atoms with E-state index in [4.69, 9.17) is 11.6 Å². The number of nitrogens with zero attached hydrogens (tertiary/aromatic N) is 4. The van der Waals surface area contributed by atoms with Gasteiger partial charge in [-0.15, -0.1) is 10.2 Å². The number of rotatable bonds is 4. The van der Waals surface area contributed by atoms with E-state index in [0.717, 1.165) is 33.4 Å². The Kier molecular flexibility index (Phi) is 4.68. The fourth-order valence-corrected chi connectivity index (χ4v) is 3.30. The van der Waals surface area contributed by atoms with Crippen LogP contribution in [0.25, 0.3) is 11.4 Å². The third-order valence-corrected chi connectivity index (χ3v) is 4.59. The molecule has 0 fully saturated rings. The molecular weight excluding hydrogens is 336 g/mol. The largest absolute Gasteiger partial charge is 0.294 e. The number of Topliss-reactive ketones (excluding diaryl/α,β-unsaturated/α-hetero) is 1.